The van der Waals surface area contributed by atoms with Gasteiger partial charge in [-0.05, 0) is 30.4 Å². The summed E-state index contributed by atoms with van der Waals surface area (Å²) in [4.78, 5) is 22.1. The fraction of sp³-hybridized carbons (Fsp3) is 0.429. The second-order valence-corrected chi connectivity index (χ2v) is 4.90. The lowest BCUT2D eigenvalue weighted by Gasteiger charge is -2.05. The van der Waals surface area contributed by atoms with Gasteiger partial charge in [-0.2, -0.15) is 0 Å². The molecule has 0 aliphatic heterocycles. The molecule has 0 saturated heterocycles. The third kappa shape index (κ3) is 3.53. The third-order valence-electron chi connectivity index (χ3n) is 3.36. The summed E-state index contributed by atoms with van der Waals surface area (Å²) in [6, 6.07) is 3.36. The minimum atomic E-state index is -0.906. The Kier molecular flexibility index (Phi) is 4.32. The number of carbonyl (C=O) groups is 2. The zero-order chi connectivity index (χ0) is 14.7. The standard InChI is InChI=1S/C14H15F2NO3/c15-8-3-4-9(12(16)6-8)10-7-11(10)14(20)17-5-1-2-13(18)19/h3-4,6,10-11H,1-2,5,7H2,(H,17,20)(H,18,19)/t10-,11-/m0/s1. The lowest BCUT2D eigenvalue weighted by atomic mass is 10.1. The van der Waals surface area contributed by atoms with E-state index in [9.17, 15) is 18.4 Å². The zero-order valence-electron chi connectivity index (χ0n) is 10.7. The molecule has 108 valence electrons. The molecule has 0 heterocycles. The van der Waals surface area contributed by atoms with Gasteiger partial charge in [0.05, 0.1) is 0 Å². The Morgan fingerprint density at radius 2 is 2.10 bits per heavy atom. The average Bonchev–Trinajstić information content (AvgIpc) is 3.14. The molecule has 6 heteroatoms. The number of carboxylic acids is 1. The molecule has 1 fully saturated rings. The Balaban J connectivity index is 1.82. The quantitative estimate of drug-likeness (QED) is 0.785. The minimum Gasteiger partial charge on any atom is -0.481 e. The lowest BCUT2D eigenvalue weighted by Crippen LogP contribution is -2.26. The maximum absolute atomic E-state index is 13.5. The van der Waals surface area contributed by atoms with Crippen molar-refractivity contribution in [1.82, 2.24) is 5.32 Å². The molecular weight excluding hydrogens is 268 g/mol. The number of carbonyl (C=O) groups excluding carboxylic acids is 1. The van der Waals surface area contributed by atoms with E-state index in [0.717, 1.165) is 6.07 Å². The van der Waals surface area contributed by atoms with Crippen molar-refractivity contribution in [3.8, 4) is 0 Å². The van der Waals surface area contributed by atoms with Crippen LogP contribution >= 0.6 is 0 Å². The van der Waals surface area contributed by atoms with Gasteiger partial charge in [-0.25, -0.2) is 8.78 Å². The molecule has 1 aromatic rings. The van der Waals surface area contributed by atoms with Gasteiger partial charge >= 0.3 is 5.97 Å². The van der Waals surface area contributed by atoms with E-state index in [0.29, 0.717) is 24.9 Å². The molecule has 2 atom stereocenters. The molecule has 20 heavy (non-hydrogen) atoms. The number of nitrogens with one attached hydrogen (secondary N) is 1. The molecule has 0 radical (unpaired) electrons. The van der Waals surface area contributed by atoms with Crippen LogP contribution in [0.4, 0.5) is 8.78 Å². The number of hydrogen-bond acceptors (Lipinski definition) is 2. The van der Waals surface area contributed by atoms with Crippen LogP contribution < -0.4 is 5.32 Å². The number of halogens is 2. The number of carboxylic acid groups (broad SMARTS) is 1. The molecule has 1 aliphatic rings. The molecule has 0 aromatic heterocycles. The Hall–Kier alpha value is -1.98. The molecule has 0 bridgehead atoms. The Morgan fingerprint density at radius 3 is 2.75 bits per heavy atom. The Morgan fingerprint density at radius 1 is 1.35 bits per heavy atom. The first-order chi connectivity index (χ1) is 9.49. The van der Waals surface area contributed by atoms with Crippen LogP contribution in [0.5, 0.6) is 0 Å². The molecular formula is C14H15F2NO3. The molecule has 1 amide bonds. The fourth-order valence-corrected chi connectivity index (χ4v) is 2.21. The average molecular weight is 283 g/mol. The van der Waals surface area contributed by atoms with Crippen LogP contribution in [0, 0.1) is 17.6 Å². The summed E-state index contributed by atoms with van der Waals surface area (Å²) < 4.78 is 26.3. The van der Waals surface area contributed by atoms with Crippen LogP contribution in [0.2, 0.25) is 0 Å². The molecule has 0 spiro atoms. The number of rotatable bonds is 6. The van der Waals surface area contributed by atoms with Crippen LogP contribution in [-0.4, -0.2) is 23.5 Å². The number of benzene rings is 1. The van der Waals surface area contributed by atoms with Gasteiger partial charge in [-0.1, -0.05) is 6.07 Å². The van der Waals surface area contributed by atoms with Crippen LogP contribution in [0.1, 0.15) is 30.7 Å². The van der Waals surface area contributed by atoms with E-state index < -0.39 is 17.6 Å². The summed E-state index contributed by atoms with van der Waals surface area (Å²) in [6.07, 6.45) is 0.900. The molecule has 2 N–H and O–H groups in total. The fourth-order valence-electron chi connectivity index (χ4n) is 2.21. The van der Waals surface area contributed by atoms with Gasteiger partial charge in [0.15, 0.2) is 0 Å². The molecule has 0 unspecified atom stereocenters. The largest absolute Gasteiger partial charge is 0.481 e. The van der Waals surface area contributed by atoms with Gasteiger partial charge in [0.2, 0.25) is 5.91 Å². The second-order valence-electron chi connectivity index (χ2n) is 4.90. The van der Waals surface area contributed by atoms with Gasteiger partial charge in [0, 0.05) is 24.9 Å². The number of aliphatic carboxylic acids is 1. The molecule has 1 aromatic carbocycles. The highest BCUT2D eigenvalue weighted by Crippen LogP contribution is 2.48. The summed E-state index contributed by atoms with van der Waals surface area (Å²) in [7, 11) is 0. The summed E-state index contributed by atoms with van der Waals surface area (Å²) in [5.74, 6) is -2.89. The topological polar surface area (TPSA) is 66.4 Å². The summed E-state index contributed by atoms with van der Waals surface area (Å²) >= 11 is 0. The molecule has 1 aliphatic carbocycles. The highest BCUT2D eigenvalue weighted by Gasteiger charge is 2.45. The monoisotopic (exact) mass is 283 g/mol. The predicted molar refractivity (Wildman–Crippen MR) is 67.1 cm³/mol. The van der Waals surface area contributed by atoms with Gasteiger partial charge in [0.25, 0.3) is 0 Å². The van der Waals surface area contributed by atoms with Crippen molar-refractivity contribution in [2.24, 2.45) is 5.92 Å². The van der Waals surface area contributed by atoms with Crippen molar-refractivity contribution in [2.75, 3.05) is 6.54 Å². The van der Waals surface area contributed by atoms with E-state index in [1.807, 2.05) is 0 Å². The van der Waals surface area contributed by atoms with Gasteiger partial charge in [-0.3, -0.25) is 9.59 Å². The SMILES string of the molecule is O=C(O)CCCNC(=O)[C@H]1C[C@H]1c1ccc(F)cc1F. The zero-order valence-corrected chi connectivity index (χ0v) is 10.7. The maximum atomic E-state index is 13.5. The first kappa shape index (κ1) is 14.4. The van der Waals surface area contributed by atoms with Crippen molar-refractivity contribution in [3.63, 3.8) is 0 Å². The summed E-state index contributed by atoms with van der Waals surface area (Å²) in [5, 5.41) is 11.1. The van der Waals surface area contributed by atoms with Gasteiger partial charge < -0.3 is 10.4 Å². The van der Waals surface area contributed by atoms with Crippen molar-refractivity contribution < 1.29 is 23.5 Å². The van der Waals surface area contributed by atoms with E-state index in [1.54, 1.807) is 0 Å². The predicted octanol–water partition coefficient (Wildman–Crippen LogP) is 2.05. The Labute approximate surface area is 114 Å². The van der Waals surface area contributed by atoms with Crippen LogP contribution in [-0.2, 0) is 9.59 Å². The van der Waals surface area contributed by atoms with E-state index in [1.165, 1.54) is 12.1 Å². The molecule has 1 saturated carbocycles. The first-order valence-electron chi connectivity index (χ1n) is 6.43. The highest BCUT2D eigenvalue weighted by atomic mass is 19.1. The number of amides is 1. The van der Waals surface area contributed by atoms with Crippen molar-refractivity contribution in [2.45, 2.75) is 25.2 Å². The van der Waals surface area contributed by atoms with E-state index in [4.69, 9.17) is 5.11 Å². The Bertz CT molecular complexity index is 533. The maximum Gasteiger partial charge on any atom is 0.303 e. The first-order valence-corrected chi connectivity index (χ1v) is 6.43. The summed E-state index contributed by atoms with van der Waals surface area (Å²) in [5.41, 5.74) is 0.358. The van der Waals surface area contributed by atoms with Crippen LogP contribution in [0.15, 0.2) is 18.2 Å². The third-order valence-corrected chi connectivity index (χ3v) is 3.36. The second kappa shape index (κ2) is 5.98. The van der Waals surface area contributed by atoms with Crippen molar-refractivity contribution in [3.05, 3.63) is 35.4 Å². The molecule has 4 nitrogen and oxygen atoms in total. The smallest absolute Gasteiger partial charge is 0.303 e. The van der Waals surface area contributed by atoms with Gasteiger partial charge in [0.1, 0.15) is 11.6 Å². The van der Waals surface area contributed by atoms with Crippen LogP contribution in [0.25, 0.3) is 0 Å². The normalized spacial score (nSPS) is 20.5. The van der Waals surface area contributed by atoms with Gasteiger partial charge in [-0.15, -0.1) is 0 Å². The van der Waals surface area contributed by atoms with Crippen molar-refractivity contribution >= 4 is 11.9 Å². The highest BCUT2D eigenvalue weighted by molar-refractivity contribution is 5.82. The molecule has 2 rings (SSSR count). The van der Waals surface area contributed by atoms with E-state index >= 15 is 0 Å². The number of hydrogen-bond donors (Lipinski definition) is 2. The lowest BCUT2D eigenvalue weighted by molar-refractivity contribution is -0.137. The van der Waals surface area contributed by atoms with Crippen LogP contribution in [0.3, 0.4) is 0 Å². The van der Waals surface area contributed by atoms with Crippen molar-refractivity contribution in [1.29, 1.82) is 0 Å². The van der Waals surface area contributed by atoms with E-state index in [2.05, 4.69) is 5.32 Å². The summed E-state index contributed by atoms with van der Waals surface area (Å²) in [6.45, 7) is 0.292. The minimum absolute atomic E-state index is 0.000958. The van der Waals surface area contributed by atoms with E-state index in [-0.39, 0.29) is 24.2 Å².